The zero-order chi connectivity index (χ0) is 18.5. The van der Waals surface area contributed by atoms with Crippen LogP contribution in [0.25, 0.3) is 0 Å². The fourth-order valence-electron chi connectivity index (χ4n) is 3.14. The molecule has 0 amide bonds. The summed E-state index contributed by atoms with van der Waals surface area (Å²) < 4.78 is 12.3. The molecule has 0 spiro atoms. The molecule has 6 nitrogen and oxygen atoms in total. The van der Waals surface area contributed by atoms with Crippen molar-refractivity contribution in [2.24, 2.45) is 0 Å². The zero-order valence-electron chi connectivity index (χ0n) is 14.7. The molecule has 1 unspecified atom stereocenters. The van der Waals surface area contributed by atoms with Crippen LogP contribution in [0.5, 0.6) is 5.75 Å². The normalized spacial score (nSPS) is 26.0. The molecule has 1 aromatic rings. The van der Waals surface area contributed by atoms with E-state index in [0.29, 0.717) is 13.0 Å². The fourth-order valence-corrected chi connectivity index (χ4v) is 4.78. The third-order valence-corrected chi connectivity index (χ3v) is 6.18. The van der Waals surface area contributed by atoms with Crippen molar-refractivity contribution < 1.29 is 19.1 Å². The van der Waals surface area contributed by atoms with Crippen LogP contribution in [-0.2, 0) is 20.1 Å². The van der Waals surface area contributed by atoms with E-state index in [4.69, 9.17) is 9.47 Å². The number of esters is 2. The van der Waals surface area contributed by atoms with Crippen molar-refractivity contribution in [1.82, 2.24) is 9.62 Å². The SMILES string of the molecule is COc1ccc(CSN2CC(S)C[C@H]2C(=O)OC(=O)[C@@H]2CCCN2)cc1. The number of nitrogens with one attached hydrogen (secondary N) is 1. The van der Waals surface area contributed by atoms with Crippen LogP contribution >= 0.6 is 24.6 Å². The predicted molar refractivity (Wildman–Crippen MR) is 104 cm³/mol. The van der Waals surface area contributed by atoms with E-state index in [1.54, 1.807) is 19.1 Å². The minimum atomic E-state index is -0.470. The molecule has 2 aliphatic rings. The molecule has 142 valence electrons. The molecule has 0 aliphatic carbocycles. The van der Waals surface area contributed by atoms with E-state index in [9.17, 15) is 9.59 Å². The Bertz CT molecular complexity index is 635. The molecular weight excluding hydrogens is 372 g/mol. The minimum absolute atomic E-state index is 0.0932. The Morgan fingerprint density at radius 2 is 2.08 bits per heavy atom. The summed E-state index contributed by atoms with van der Waals surface area (Å²) in [7, 11) is 1.64. The average molecular weight is 397 g/mol. The van der Waals surface area contributed by atoms with Gasteiger partial charge in [0.15, 0.2) is 0 Å². The van der Waals surface area contributed by atoms with E-state index in [1.165, 1.54) is 0 Å². The maximum atomic E-state index is 12.5. The number of carbonyl (C=O) groups is 2. The third kappa shape index (κ3) is 4.94. The molecule has 26 heavy (non-hydrogen) atoms. The van der Waals surface area contributed by atoms with Crippen LogP contribution < -0.4 is 10.1 Å². The van der Waals surface area contributed by atoms with Crippen LogP contribution in [0, 0.1) is 0 Å². The first kappa shape index (κ1) is 19.5. The molecule has 2 saturated heterocycles. The fraction of sp³-hybridized carbons (Fsp3) is 0.556. The van der Waals surface area contributed by atoms with Crippen molar-refractivity contribution in [2.45, 2.75) is 42.3 Å². The van der Waals surface area contributed by atoms with Crippen molar-refractivity contribution >= 4 is 36.5 Å². The monoisotopic (exact) mass is 396 g/mol. The van der Waals surface area contributed by atoms with Crippen molar-refractivity contribution in [3.05, 3.63) is 29.8 Å². The van der Waals surface area contributed by atoms with Crippen LogP contribution in [0.2, 0.25) is 0 Å². The largest absolute Gasteiger partial charge is 0.497 e. The van der Waals surface area contributed by atoms with Gasteiger partial charge in [0, 0.05) is 17.5 Å². The molecular formula is C18H24N2O4S2. The first-order chi connectivity index (χ1) is 12.6. The summed E-state index contributed by atoms with van der Waals surface area (Å²) in [6.07, 6.45) is 2.24. The van der Waals surface area contributed by atoms with Gasteiger partial charge in [0.05, 0.1) is 7.11 Å². The summed E-state index contributed by atoms with van der Waals surface area (Å²) in [6.45, 7) is 1.47. The molecule has 1 N–H and O–H groups in total. The smallest absolute Gasteiger partial charge is 0.331 e. The molecule has 8 heteroatoms. The maximum Gasteiger partial charge on any atom is 0.331 e. The quantitative estimate of drug-likeness (QED) is 0.330. The van der Waals surface area contributed by atoms with Crippen LogP contribution in [0.1, 0.15) is 24.8 Å². The average Bonchev–Trinajstić information content (AvgIpc) is 3.30. The lowest BCUT2D eigenvalue weighted by Crippen LogP contribution is -2.39. The van der Waals surface area contributed by atoms with E-state index in [2.05, 4.69) is 17.9 Å². The van der Waals surface area contributed by atoms with Gasteiger partial charge >= 0.3 is 11.9 Å². The predicted octanol–water partition coefficient (Wildman–Crippen LogP) is 2.04. The Morgan fingerprint density at radius 3 is 2.73 bits per heavy atom. The number of carbonyl (C=O) groups excluding carboxylic acids is 2. The highest BCUT2D eigenvalue weighted by molar-refractivity contribution is 7.96. The van der Waals surface area contributed by atoms with Crippen LogP contribution in [-0.4, -0.2) is 53.8 Å². The summed E-state index contributed by atoms with van der Waals surface area (Å²) in [5.74, 6) is 0.611. The number of methoxy groups -OCH3 is 1. The molecule has 0 radical (unpaired) electrons. The van der Waals surface area contributed by atoms with Gasteiger partial charge in [-0.1, -0.05) is 24.1 Å². The molecule has 1 aromatic carbocycles. The highest BCUT2D eigenvalue weighted by Gasteiger charge is 2.39. The second-order valence-corrected chi connectivity index (χ2v) is 8.26. The number of hydrogen-bond acceptors (Lipinski definition) is 8. The summed E-state index contributed by atoms with van der Waals surface area (Å²) in [6, 6.07) is 7.05. The number of thiol groups is 1. The number of ether oxygens (including phenoxy) is 2. The number of hydrogen-bond donors (Lipinski definition) is 2. The highest BCUT2D eigenvalue weighted by atomic mass is 32.2. The Balaban J connectivity index is 1.54. The molecule has 3 rings (SSSR count). The molecule has 2 heterocycles. The lowest BCUT2D eigenvalue weighted by Gasteiger charge is -2.21. The van der Waals surface area contributed by atoms with E-state index >= 15 is 0 Å². The Morgan fingerprint density at radius 1 is 1.31 bits per heavy atom. The van der Waals surface area contributed by atoms with E-state index in [-0.39, 0.29) is 11.3 Å². The molecule has 2 aliphatic heterocycles. The van der Waals surface area contributed by atoms with E-state index in [1.807, 2.05) is 28.6 Å². The first-order valence-corrected chi connectivity index (χ1v) is 10.2. The number of nitrogens with zero attached hydrogens (tertiary/aromatic N) is 1. The Labute approximate surface area is 163 Å². The molecule has 0 saturated carbocycles. The summed E-state index contributed by atoms with van der Waals surface area (Å²) in [5, 5.41) is 3.15. The molecule has 3 atom stereocenters. The molecule has 0 bridgehead atoms. The van der Waals surface area contributed by atoms with Crippen LogP contribution in [0.3, 0.4) is 0 Å². The highest BCUT2D eigenvalue weighted by Crippen LogP contribution is 2.31. The maximum absolute atomic E-state index is 12.5. The second kappa shape index (κ2) is 9.12. The van der Waals surface area contributed by atoms with Gasteiger partial charge < -0.3 is 14.8 Å². The first-order valence-electron chi connectivity index (χ1n) is 8.76. The van der Waals surface area contributed by atoms with Gasteiger partial charge in [-0.2, -0.15) is 12.6 Å². The Kier molecular flexibility index (Phi) is 6.86. The number of rotatable bonds is 6. The van der Waals surface area contributed by atoms with Crippen molar-refractivity contribution in [3.8, 4) is 5.75 Å². The van der Waals surface area contributed by atoms with Gasteiger partial charge in [0.2, 0.25) is 0 Å². The van der Waals surface area contributed by atoms with Gasteiger partial charge in [0.1, 0.15) is 17.8 Å². The van der Waals surface area contributed by atoms with Gasteiger partial charge in [0.25, 0.3) is 0 Å². The van der Waals surface area contributed by atoms with E-state index in [0.717, 1.165) is 36.5 Å². The molecule has 2 fully saturated rings. The minimum Gasteiger partial charge on any atom is -0.497 e. The van der Waals surface area contributed by atoms with Gasteiger partial charge in [-0.15, -0.1) is 0 Å². The lowest BCUT2D eigenvalue weighted by atomic mass is 10.2. The van der Waals surface area contributed by atoms with Crippen molar-refractivity contribution in [3.63, 3.8) is 0 Å². The standard InChI is InChI=1S/C18H24N2O4S2/c1-23-13-6-4-12(5-7-13)11-26-20-10-14(25)9-16(20)18(22)24-17(21)15-3-2-8-19-15/h4-7,14-16,19,25H,2-3,8-11H2,1H3/t14?,15-,16-/m0/s1. The lowest BCUT2D eigenvalue weighted by molar-refractivity contribution is -0.163. The Hall–Kier alpha value is -1.22. The van der Waals surface area contributed by atoms with Crippen LogP contribution in [0.15, 0.2) is 24.3 Å². The zero-order valence-corrected chi connectivity index (χ0v) is 16.4. The van der Waals surface area contributed by atoms with Gasteiger partial charge in [-0.25, -0.2) is 13.9 Å². The van der Waals surface area contributed by atoms with Crippen molar-refractivity contribution in [2.75, 3.05) is 20.2 Å². The third-order valence-electron chi connectivity index (χ3n) is 4.61. The number of benzene rings is 1. The summed E-state index contributed by atoms with van der Waals surface area (Å²) >= 11 is 6.08. The summed E-state index contributed by atoms with van der Waals surface area (Å²) in [5.41, 5.74) is 1.14. The van der Waals surface area contributed by atoms with Crippen LogP contribution in [0.4, 0.5) is 0 Å². The topological polar surface area (TPSA) is 67.9 Å². The van der Waals surface area contributed by atoms with E-state index < -0.39 is 18.0 Å². The molecule has 0 aromatic heterocycles. The second-order valence-electron chi connectivity index (χ2n) is 6.52. The van der Waals surface area contributed by atoms with Crippen molar-refractivity contribution in [1.29, 1.82) is 0 Å². The summed E-state index contributed by atoms with van der Waals surface area (Å²) in [4.78, 5) is 24.6. The van der Waals surface area contributed by atoms with Gasteiger partial charge in [-0.3, -0.25) is 0 Å². The van der Waals surface area contributed by atoms with Gasteiger partial charge in [-0.05, 0) is 43.5 Å².